The normalized spacial score (nSPS) is 10.4. The van der Waals surface area contributed by atoms with Gasteiger partial charge in [-0.1, -0.05) is 17.7 Å². The molecule has 0 saturated carbocycles. The Kier molecular flexibility index (Phi) is 4.61. The second kappa shape index (κ2) is 6.02. The van der Waals surface area contributed by atoms with Crippen LogP contribution < -0.4 is 10.5 Å². The van der Waals surface area contributed by atoms with E-state index in [0.29, 0.717) is 23.2 Å². The molecule has 1 aromatic carbocycles. The summed E-state index contributed by atoms with van der Waals surface area (Å²) in [6.07, 6.45) is 1.66. The van der Waals surface area contributed by atoms with Crippen molar-refractivity contribution in [3.63, 3.8) is 0 Å². The van der Waals surface area contributed by atoms with Gasteiger partial charge in [-0.25, -0.2) is 4.98 Å². The summed E-state index contributed by atoms with van der Waals surface area (Å²) in [6.45, 7) is 0.376. The Labute approximate surface area is 127 Å². The molecule has 0 aliphatic heterocycles. The molecular weight excluding hydrogens is 383 g/mol. The third-order valence-corrected chi connectivity index (χ3v) is 3.47. The van der Waals surface area contributed by atoms with Gasteiger partial charge in [-0.3, -0.25) is 0 Å². The molecule has 94 valence electrons. The molecule has 0 radical (unpaired) electrons. The number of nitrogens with zero attached hydrogens (tertiary/aromatic N) is 1. The maximum atomic E-state index is 5.94. The molecule has 0 amide bonds. The average molecular weight is 392 g/mol. The summed E-state index contributed by atoms with van der Waals surface area (Å²) in [7, 11) is 0. The lowest BCUT2D eigenvalue weighted by molar-refractivity contribution is 0.454. The van der Waals surface area contributed by atoms with E-state index >= 15 is 0 Å². The van der Waals surface area contributed by atoms with Crippen LogP contribution in [0.5, 0.6) is 11.6 Å². The number of nitrogens with two attached hydrogens (primary N) is 1. The van der Waals surface area contributed by atoms with Gasteiger partial charge in [0.25, 0.3) is 0 Å². The van der Waals surface area contributed by atoms with Crippen molar-refractivity contribution in [1.82, 2.24) is 4.98 Å². The van der Waals surface area contributed by atoms with Gasteiger partial charge >= 0.3 is 0 Å². The lowest BCUT2D eigenvalue weighted by Gasteiger charge is -2.10. The first-order chi connectivity index (χ1) is 8.60. The van der Waals surface area contributed by atoms with Crippen molar-refractivity contribution in [3.05, 3.63) is 50.0 Å². The topological polar surface area (TPSA) is 48.1 Å². The van der Waals surface area contributed by atoms with Crippen LogP contribution in [-0.2, 0) is 6.54 Å². The van der Waals surface area contributed by atoms with Crippen LogP contribution in [0.2, 0.25) is 5.02 Å². The lowest BCUT2D eigenvalue weighted by Crippen LogP contribution is -2.00. The molecule has 18 heavy (non-hydrogen) atoms. The van der Waals surface area contributed by atoms with E-state index in [0.717, 1.165) is 14.5 Å². The van der Waals surface area contributed by atoms with E-state index in [1.807, 2.05) is 12.1 Å². The monoisotopic (exact) mass is 390 g/mol. The van der Waals surface area contributed by atoms with Gasteiger partial charge in [0.1, 0.15) is 5.75 Å². The third kappa shape index (κ3) is 3.23. The SMILES string of the molecule is NCc1ccc(Cl)cc1Oc1ncc(Br)cc1Br. The summed E-state index contributed by atoms with van der Waals surface area (Å²) in [4.78, 5) is 4.18. The predicted molar refractivity (Wildman–Crippen MR) is 79.1 cm³/mol. The zero-order valence-corrected chi connectivity index (χ0v) is 13.1. The molecule has 0 saturated heterocycles. The highest BCUT2D eigenvalue weighted by atomic mass is 79.9. The minimum absolute atomic E-state index is 0.376. The zero-order chi connectivity index (χ0) is 13.1. The number of ether oxygens (including phenoxy) is 1. The fraction of sp³-hybridized carbons (Fsp3) is 0.0833. The number of hydrogen-bond donors (Lipinski definition) is 1. The van der Waals surface area contributed by atoms with Crippen LogP contribution in [0.3, 0.4) is 0 Å². The first-order valence-electron chi connectivity index (χ1n) is 5.07. The number of hydrogen-bond acceptors (Lipinski definition) is 3. The summed E-state index contributed by atoms with van der Waals surface area (Å²) in [5.74, 6) is 1.08. The minimum atomic E-state index is 0.376. The van der Waals surface area contributed by atoms with E-state index < -0.39 is 0 Å². The van der Waals surface area contributed by atoms with Crippen molar-refractivity contribution < 1.29 is 4.74 Å². The molecule has 1 heterocycles. The maximum Gasteiger partial charge on any atom is 0.233 e. The number of halogens is 3. The van der Waals surface area contributed by atoms with Crippen LogP contribution in [0, 0.1) is 0 Å². The van der Waals surface area contributed by atoms with E-state index in [-0.39, 0.29) is 0 Å². The molecule has 0 spiro atoms. The van der Waals surface area contributed by atoms with Gasteiger partial charge in [0.15, 0.2) is 0 Å². The first-order valence-corrected chi connectivity index (χ1v) is 7.04. The summed E-state index contributed by atoms with van der Waals surface area (Å²) in [5.41, 5.74) is 6.53. The number of rotatable bonds is 3. The molecule has 6 heteroatoms. The molecule has 0 aliphatic carbocycles. The quantitative estimate of drug-likeness (QED) is 0.836. The van der Waals surface area contributed by atoms with E-state index in [1.54, 1.807) is 18.3 Å². The molecule has 0 atom stereocenters. The van der Waals surface area contributed by atoms with Gasteiger partial charge in [0.05, 0.1) is 4.47 Å². The summed E-state index contributed by atoms with van der Waals surface area (Å²) >= 11 is 12.7. The Morgan fingerprint density at radius 3 is 2.72 bits per heavy atom. The highest BCUT2D eigenvalue weighted by Gasteiger charge is 2.09. The average Bonchev–Trinajstić information content (AvgIpc) is 2.33. The van der Waals surface area contributed by atoms with E-state index in [2.05, 4.69) is 36.8 Å². The lowest BCUT2D eigenvalue weighted by atomic mass is 10.2. The van der Waals surface area contributed by atoms with E-state index in [9.17, 15) is 0 Å². The Morgan fingerprint density at radius 2 is 2.06 bits per heavy atom. The van der Waals surface area contributed by atoms with Crippen LogP contribution in [0.15, 0.2) is 39.4 Å². The van der Waals surface area contributed by atoms with Crippen LogP contribution in [-0.4, -0.2) is 4.98 Å². The summed E-state index contributed by atoms with van der Waals surface area (Å²) in [5, 5.41) is 0.593. The molecule has 1 aromatic heterocycles. The Bertz CT molecular complexity index is 578. The highest BCUT2D eigenvalue weighted by molar-refractivity contribution is 9.11. The third-order valence-electron chi connectivity index (χ3n) is 2.23. The van der Waals surface area contributed by atoms with Gasteiger partial charge in [-0.05, 0) is 50.1 Å². The molecule has 2 rings (SSSR count). The fourth-order valence-electron chi connectivity index (χ4n) is 1.37. The molecular formula is C12H9Br2ClN2O. The molecule has 0 unspecified atom stereocenters. The second-order valence-electron chi connectivity index (χ2n) is 3.50. The zero-order valence-electron chi connectivity index (χ0n) is 9.16. The predicted octanol–water partition coefficient (Wildman–Crippen LogP) is 4.51. The standard InChI is InChI=1S/C12H9Br2ClN2O/c13-8-3-10(14)12(17-6-8)18-11-4-9(15)2-1-7(11)5-16/h1-4,6H,5,16H2. The molecule has 0 bridgehead atoms. The number of pyridine rings is 1. The maximum absolute atomic E-state index is 5.94. The highest BCUT2D eigenvalue weighted by Crippen LogP contribution is 2.32. The van der Waals surface area contributed by atoms with Crippen molar-refractivity contribution >= 4 is 43.5 Å². The van der Waals surface area contributed by atoms with Crippen molar-refractivity contribution in [1.29, 1.82) is 0 Å². The van der Waals surface area contributed by atoms with Crippen LogP contribution in [0.1, 0.15) is 5.56 Å². The van der Waals surface area contributed by atoms with Crippen LogP contribution in [0.4, 0.5) is 0 Å². The molecule has 3 nitrogen and oxygen atoms in total. The number of benzene rings is 1. The second-order valence-corrected chi connectivity index (χ2v) is 5.71. The smallest absolute Gasteiger partial charge is 0.233 e. The van der Waals surface area contributed by atoms with Gasteiger partial charge in [0.2, 0.25) is 5.88 Å². The van der Waals surface area contributed by atoms with E-state index in [1.165, 1.54) is 0 Å². The van der Waals surface area contributed by atoms with Gasteiger partial charge in [-0.2, -0.15) is 0 Å². The van der Waals surface area contributed by atoms with Gasteiger partial charge in [0, 0.05) is 27.8 Å². The van der Waals surface area contributed by atoms with Crippen molar-refractivity contribution in [2.75, 3.05) is 0 Å². The van der Waals surface area contributed by atoms with Crippen molar-refractivity contribution in [2.24, 2.45) is 5.73 Å². The molecule has 2 aromatic rings. The summed E-state index contributed by atoms with van der Waals surface area (Å²) in [6, 6.07) is 7.19. The fourth-order valence-corrected chi connectivity index (χ4v) is 2.60. The molecule has 0 fully saturated rings. The first kappa shape index (κ1) is 13.8. The van der Waals surface area contributed by atoms with Crippen molar-refractivity contribution in [2.45, 2.75) is 6.54 Å². The largest absolute Gasteiger partial charge is 0.437 e. The molecule has 0 aliphatic rings. The van der Waals surface area contributed by atoms with Crippen molar-refractivity contribution in [3.8, 4) is 11.6 Å². The van der Waals surface area contributed by atoms with Crippen LogP contribution in [0.25, 0.3) is 0 Å². The van der Waals surface area contributed by atoms with Gasteiger partial charge < -0.3 is 10.5 Å². The Balaban J connectivity index is 2.36. The number of aromatic nitrogens is 1. The molecule has 2 N–H and O–H groups in total. The Morgan fingerprint density at radius 1 is 1.28 bits per heavy atom. The Hall–Kier alpha value is -0.620. The van der Waals surface area contributed by atoms with Gasteiger partial charge in [-0.15, -0.1) is 0 Å². The van der Waals surface area contributed by atoms with Crippen LogP contribution >= 0.6 is 43.5 Å². The summed E-state index contributed by atoms with van der Waals surface area (Å²) < 4.78 is 7.34. The van der Waals surface area contributed by atoms with E-state index in [4.69, 9.17) is 22.1 Å². The minimum Gasteiger partial charge on any atom is -0.437 e.